The molecule has 0 unspecified atom stereocenters. The van der Waals surface area contributed by atoms with Gasteiger partial charge in [-0.1, -0.05) is 30.3 Å². The molecule has 0 radical (unpaired) electrons. The summed E-state index contributed by atoms with van der Waals surface area (Å²) in [6, 6.07) is 9.92. The van der Waals surface area contributed by atoms with Crippen LogP contribution in [0.5, 0.6) is 0 Å². The predicted molar refractivity (Wildman–Crippen MR) is 67.9 cm³/mol. The average molecular weight is 237 g/mol. The molecule has 1 amide bonds. The Hall–Kier alpha value is -1.62. The number of likely N-dealkylation sites (N-methyl/N-ethyl adjacent to an activating group) is 1. The number of hydrogen-bond acceptors (Lipinski definition) is 2. The largest absolute Gasteiger partial charge is 0.359 e. The topological polar surface area (TPSA) is 53.2 Å². The maximum Gasteiger partial charge on any atom is 0.239 e. The molecule has 0 fully saturated rings. The third kappa shape index (κ3) is 4.75. The van der Waals surface area contributed by atoms with Gasteiger partial charge in [-0.25, -0.2) is 0 Å². The van der Waals surface area contributed by atoms with Gasteiger partial charge >= 0.3 is 0 Å². The molecule has 0 atom stereocenters. The summed E-state index contributed by atoms with van der Waals surface area (Å²) in [6.07, 6.45) is 0. The number of hydrogen-bond donors (Lipinski definition) is 3. The number of amides is 1. The van der Waals surface area contributed by atoms with Crippen molar-refractivity contribution < 1.29 is 4.79 Å². The van der Waals surface area contributed by atoms with E-state index in [1.54, 1.807) is 7.05 Å². The van der Waals surface area contributed by atoms with Crippen LogP contribution >= 0.6 is 12.2 Å². The van der Waals surface area contributed by atoms with Crippen LogP contribution in [0, 0.1) is 0 Å². The quantitative estimate of drug-likeness (QED) is 0.663. The van der Waals surface area contributed by atoms with Crippen LogP contribution < -0.4 is 16.0 Å². The summed E-state index contributed by atoms with van der Waals surface area (Å²) in [4.78, 5) is 10.9. The number of rotatable bonds is 4. The van der Waals surface area contributed by atoms with Crippen molar-refractivity contribution >= 4 is 23.2 Å². The van der Waals surface area contributed by atoms with Crippen LogP contribution in [0.3, 0.4) is 0 Å². The lowest BCUT2D eigenvalue weighted by Gasteiger charge is -2.09. The summed E-state index contributed by atoms with van der Waals surface area (Å²) in [6.45, 7) is 0.845. The molecule has 86 valence electrons. The maximum absolute atomic E-state index is 10.9. The summed E-state index contributed by atoms with van der Waals surface area (Å²) in [5, 5.41) is 8.82. The highest BCUT2D eigenvalue weighted by Crippen LogP contribution is 1.96. The number of carbonyl (C=O) groups is 1. The second-order valence-electron chi connectivity index (χ2n) is 3.20. The van der Waals surface area contributed by atoms with Crippen molar-refractivity contribution in [2.45, 2.75) is 6.54 Å². The maximum atomic E-state index is 10.9. The molecule has 1 aromatic rings. The highest BCUT2D eigenvalue weighted by Gasteiger charge is 1.99. The molecule has 0 aliphatic rings. The van der Waals surface area contributed by atoms with Gasteiger partial charge in [0.1, 0.15) is 0 Å². The summed E-state index contributed by atoms with van der Waals surface area (Å²) in [5.74, 6) is -0.0936. The van der Waals surface area contributed by atoms with E-state index in [0.29, 0.717) is 11.7 Å². The van der Waals surface area contributed by atoms with Gasteiger partial charge in [-0.3, -0.25) is 4.79 Å². The van der Waals surface area contributed by atoms with Gasteiger partial charge in [0.2, 0.25) is 5.91 Å². The van der Waals surface area contributed by atoms with E-state index in [2.05, 4.69) is 16.0 Å². The lowest BCUT2D eigenvalue weighted by Crippen LogP contribution is -2.40. The van der Waals surface area contributed by atoms with Gasteiger partial charge < -0.3 is 16.0 Å². The Labute approximate surface area is 100 Å². The fourth-order valence-electron chi connectivity index (χ4n) is 1.09. The molecular weight excluding hydrogens is 222 g/mol. The van der Waals surface area contributed by atoms with E-state index in [1.165, 1.54) is 0 Å². The first-order chi connectivity index (χ1) is 7.72. The summed E-state index contributed by atoms with van der Waals surface area (Å²) in [7, 11) is 1.59. The first-order valence-corrected chi connectivity index (χ1v) is 5.39. The van der Waals surface area contributed by atoms with E-state index < -0.39 is 0 Å². The predicted octanol–water partition coefficient (Wildman–Crippen LogP) is 0.397. The van der Waals surface area contributed by atoms with E-state index in [-0.39, 0.29) is 12.5 Å². The van der Waals surface area contributed by atoms with E-state index in [4.69, 9.17) is 12.2 Å². The van der Waals surface area contributed by atoms with Gasteiger partial charge in [0.05, 0.1) is 6.54 Å². The van der Waals surface area contributed by atoms with Crippen molar-refractivity contribution in [3.8, 4) is 0 Å². The van der Waals surface area contributed by atoms with Crippen LogP contribution in [0.2, 0.25) is 0 Å². The van der Waals surface area contributed by atoms with Crippen LogP contribution in [0.1, 0.15) is 5.56 Å². The van der Waals surface area contributed by atoms with Crippen LogP contribution in [0.15, 0.2) is 30.3 Å². The van der Waals surface area contributed by atoms with E-state index in [1.807, 2.05) is 30.3 Å². The lowest BCUT2D eigenvalue weighted by molar-refractivity contribution is -0.119. The molecule has 0 bridgehead atoms. The minimum absolute atomic E-state index is 0.0936. The van der Waals surface area contributed by atoms with Gasteiger partial charge in [0.15, 0.2) is 5.11 Å². The zero-order valence-corrected chi connectivity index (χ0v) is 9.93. The molecule has 0 heterocycles. The SMILES string of the molecule is CNC(=O)CNC(=S)NCc1ccccc1. The number of thiocarbonyl (C=S) groups is 1. The first kappa shape index (κ1) is 12.4. The van der Waals surface area contributed by atoms with Crippen LogP contribution in [-0.2, 0) is 11.3 Å². The molecule has 1 aromatic carbocycles. The number of nitrogens with one attached hydrogen (secondary N) is 3. The Balaban J connectivity index is 2.23. The molecule has 0 spiro atoms. The molecule has 16 heavy (non-hydrogen) atoms. The molecule has 5 heteroatoms. The fraction of sp³-hybridized carbons (Fsp3) is 0.273. The molecule has 3 N–H and O–H groups in total. The van der Waals surface area contributed by atoms with Crippen molar-refractivity contribution in [2.75, 3.05) is 13.6 Å². The smallest absolute Gasteiger partial charge is 0.239 e. The van der Waals surface area contributed by atoms with E-state index >= 15 is 0 Å². The highest BCUT2D eigenvalue weighted by atomic mass is 32.1. The monoisotopic (exact) mass is 237 g/mol. The second-order valence-corrected chi connectivity index (χ2v) is 3.60. The minimum Gasteiger partial charge on any atom is -0.359 e. The summed E-state index contributed by atoms with van der Waals surface area (Å²) in [5.41, 5.74) is 1.14. The normalized spacial score (nSPS) is 9.31. The lowest BCUT2D eigenvalue weighted by atomic mass is 10.2. The fourth-order valence-corrected chi connectivity index (χ4v) is 1.23. The minimum atomic E-state index is -0.0936. The van der Waals surface area contributed by atoms with Gasteiger partial charge in [-0.05, 0) is 17.8 Å². The highest BCUT2D eigenvalue weighted by molar-refractivity contribution is 7.80. The third-order valence-corrected chi connectivity index (χ3v) is 2.27. The van der Waals surface area contributed by atoms with Gasteiger partial charge in [0.25, 0.3) is 0 Å². The summed E-state index contributed by atoms with van der Waals surface area (Å²) < 4.78 is 0. The van der Waals surface area contributed by atoms with Gasteiger partial charge in [0, 0.05) is 13.6 Å². The standard InChI is InChI=1S/C11H15N3OS/c1-12-10(15)8-14-11(16)13-7-9-5-3-2-4-6-9/h2-6H,7-8H2,1H3,(H,12,15)(H2,13,14,16). The molecule has 0 aliphatic carbocycles. The average Bonchev–Trinajstić information content (AvgIpc) is 2.34. The Morgan fingerprint density at radius 2 is 1.94 bits per heavy atom. The van der Waals surface area contributed by atoms with Crippen LogP contribution in [0.25, 0.3) is 0 Å². The zero-order valence-electron chi connectivity index (χ0n) is 9.12. The first-order valence-electron chi connectivity index (χ1n) is 4.98. The van der Waals surface area contributed by atoms with E-state index in [0.717, 1.165) is 5.56 Å². The molecule has 4 nitrogen and oxygen atoms in total. The molecule has 0 aromatic heterocycles. The van der Waals surface area contributed by atoms with Crippen molar-refractivity contribution in [1.82, 2.24) is 16.0 Å². The Kier molecular flexibility index (Phi) is 5.28. The van der Waals surface area contributed by atoms with Crippen molar-refractivity contribution in [2.24, 2.45) is 0 Å². The molecule has 0 saturated heterocycles. The number of benzene rings is 1. The Morgan fingerprint density at radius 1 is 1.25 bits per heavy atom. The van der Waals surface area contributed by atoms with Gasteiger partial charge in [-0.2, -0.15) is 0 Å². The molecule has 0 saturated carbocycles. The van der Waals surface area contributed by atoms with Crippen LogP contribution in [0.4, 0.5) is 0 Å². The zero-order chi connectivity index (χ0) is 11.8. The van der Waals surface area contributed by atoms with E-state index in [9.17, 15) is 4.79 Å². The summed E-state index contributed by atoms with van der Waals surface area (Å²) >= 11 is 5.02. The second kappa shape index (κ2) is 6.79. The van der Waals surface area contributed by atoms with Crippen molar-refractivity contribution in [1.29, 1.82) is 0 Å². The van der Waals surface area contributed by atoms with Gasteiger partial charge in [-0.15, -0.1) is 0 Å². The Morgan fingerprint density at radius 3 is 2.56 bits per heavy atom. The Bertz CT molecular complexity index is 354. The number of carbonyl (C=O) groups excluding carboxylic acids is 1. The van der Waals surface area contributed by atoms with Crippen LogP contribution in [-0.4, -0.2) is 24.6 Å². The molecule has 0 aliphatic heterocycles. The molecular formula is C11H15N3OS. The van der Waals surface area contributed by atoms with Crippen molar-refractivity contribution in [3.05, 3.63) is 35.9 Å². The molecule has 1 rings (SSSR count). The van der Waals surface area contributed by atoms with Crippen molar-refractivity contribution in [3.63, 3.8) is 0 Å². The third-order valence-electron chi connectivity index (χ3n) is 1.98.